The highest BCUT2D eigenvalue weighted by Crippen LogP contribution is 2.19. The van der Waals surface area contributed by atoms with E-state index >= 15 is 0 Å². The Labute approximate surface area is 113 Å². The predicted molar refractivity (Wildman–Crippen MR) is 72.0 cm³/mol. The van der Waals surface area contributed by atoms with E-state index in [0.717, 1.165) is 23.0 Å². The van der Waals surface area contributed by atoms with Gasteiger partial charge in [0.25, 0.3) is 0 Å². The summed E-state index contributed by atoms with van der Waals surface area (Å²) < 4.78 is 12.3. The van der Waals surface area contributed by atoms with Crippen molar-refractivity contribution >= 4 is 11.6 Å². The molecule has 0 bridgehead atoms. The molecule has 0 aliphatic rings. The van der Waals surface area contributed by atoms with E-state index in [2.05, 4.69) is 17.3 Å². The SMILES string of the molecule is CCn1nc(C)c(Cl)c1CNCC(COC)OC. The summed E-state index contributed by atoms with van der Waals surface area (Å²) in [4.78, 5) is 0. The van der Waals surface area contributed by atoms with Crippen LogP contribution in [0.15, 0.2) is 0 Å². The van der Waals surface area contributed by atoms with Gasteiger partial charge in [-0.2, -0.15) is 5.10 Å². The van der Waals surface area contributed by atoms with E-state index in [4.69, 9.17) is 21.1 Å². The monoisotopic (exact) mass is 275 g/mol. The fraction of sp³-hybridized carbons (Fsp3) is 0.750. The maximum absolute atomic E-state index is 6.22. The van der Waals surface area contributed by atoms with Gasteiger partial charge in [0.2, 0.25) is 0 Å². The van der Waals surface area contributed by atoms with Crippen molar-refractivity contribution in [2.75, 3.05) is 27.4 Å². The molecule has 0 saturated carbocycles. The Hall–Kier alpha value is -0.620. The van der Waals surface area contributed by atoms with E-state index in [1.165, 1.54) is 0 Å². The molecule has 1 N–H and O–H groups in total. The maximum Gasteiger partial charge on any atom is 0.0928 e. The van der Waals surface area contributed by atoms with Crippen molar-refractivity contribution in [3.8, 4) is 0 Å². The number of hydrogen-bond donors (Lipinski definition) is 1. The van der Waals surface area contributed by atoms with Crippen molar-refractivity contribution in [2.24, 2.45) is 0 Å². The zero-order valence-electron chi connectivity index (χ0n) is 11.5. The molecule has 1 atom stereocenters. The second-order valence-electron chi connectivity index (χ2n) is 4.11. The number of methoxy groups -OCH3 is 2. The Bertz CT molecular complexity index is 368. The molecule has 0 amide bonds. The molecule has 18 heavy (non-hydrogen) atoms. The first kappa shape index (κ1) is 15.4. The number of aryl methyl sites for hydroxylation is 2. The molecule has 0 saturated heterocycles. The van der Waals surface area contributed by atoms with Crippen LogP contribution in [0.1, 0.15) is 18.3 Å². The fourth-order valence-electron chi connectivity index (χ4n) is 1.79. The number of rotatable bonds is 8. The van der Waals surface area contributed by atoms with Crippen molar-refractivity contribution < 1.29 is 9.47 Å². The molecule has 0 radical (unpaired) electrons. The van der Waals surface area contributed by atoms with Gasteiger partial charge in [-0.3, -0.25) is 4.68 Å². The molecule has 104 valence electrons. The fourth-order valence-corrected chi connectivity index (χ4v) is 1.99. The van der Waals surface area contributed by atoms with Gasteiger partial charge in [0, 0.05) is 33.9 Å². The van der Waals surface area contributed by atoms with Crippen molar-refractivity contribution in [1.29, 1.82) is 0 Å². The Balaban J connectivity index is 2.52. The molecular weight excluding hydrogens is 254 g/mol. The molecule has 0 aliphatic heterocycles. The van der Waals surface area contributed by atoms with Gasteiger partial charge in [-0.1, -0.05) is 11.6 Å². The highest BCUT2D eigenvalue weighted by molar-refractivity contribution is 6.31. The molecule has 0 aliphatic carbocycles. The zero-order chi connectivity index (χ0) is 13.5. The second kappa shape index (κ2) is 7.74. The first-order chi connectivity index (χ1) is 8.63. The lowest BCUT2D eigenvalue weighted by Crippen LogP contribution is -2.32. The quantitative estimate of drug-likeness (QED) is 0.783. The van der Waals surface area contributed by atoms with Gasteiger partial charge in [-0.05, 0) is 13.8 Å². The number of nitrogens with one attached hydrogen (secondary N) is 1. The van der Waals surface area contributed by atoms with E-state index < -0.39 is 0 Å². The van der Waals surface area contributed by atoms with E-state index in [1.54, 1.807) is 14.2 Å². The zero-order valence-corrected chi connectivity index (χ0v) is 12.3. The summed E-state index contributed by atoms with van der Waals surface area (Å²) in [6.07, 6.45) is 0.0490. The van der Waals surface area contributed by atoms with Crippen LogP contribution in [0, 0.1) is 6.92 Å². The number of nitrogens with zero attached hydrogens (tertiary/aromatic N) is 2. The first-order valence-corrected chi connectivity index (χ1v) is 6.46. The van der Waals surface area contributed by atoms with Gasteiger partial charge in [0.15, 0.2) is 0 Å². The minimum absolute atomic E-state index is 0.0490. The Morgan fingerprint density at radius 3 is 2.72 bits per heavy atom. The van der Waals surface area contributed by atoms with Crippen LogP contribution in [-0.4, -0.2) is 43.3 Å². The molecule has 1 unspecified atom stereocenters. The van der Waals surface area contributed by atoms with Crippen molar-refractivity contribution in [1.82, 2.24) is 15.1 Å². The summed E-state index contributed by atoms with van der Waals surface area (Å²) >= 11 is 6.22. The summed E-state index contributed by atoms with van der Waals surface area (Å²) in [5.74, 6) is 0. The van der Waals surface area contributed by atoms with Crippen LogP contribution >= 0.6 is 11.6 Å². The van der Waals surface area contributed by atoms with E-state index in [-0.39, 0.29) is 6.10 Å². The standard InChI is InChI=1S/C12H22ClN3O2/c1-5-16-11(12(13)9(2)15-16)7-14-6-10(18-4)8-17-3/h10,14H,5-8H2,1-4H3. The molecule has 0 spiro atoms. The largest absolute Gasteiger partial charge is 0.382 e. The van der Waals surface area contributed by atoms with Gasteiger partial charge in [0.05, 0.1) is 29.1 Å². The molecule has 6 heteroatoms. The Kier molecular flexibility index (Phi) is 6.63. The maximum atomic E-state index is 6.22. The number of halogens is 1. The average molecular weight is 276 g/mol. The van der Waals surface area contributed by atoms with Crippen LogP contribution in [0.2, 0.25) is 5.02 Å². The van der Waals surface area contributed by atoms with Crippen LogP contribution in [0.3, 0.4) is 0 Å². The van der Waals surface area contributed by atoms with Gasteiger partial charge in [-0.15, -0.1) is 0 Å². The minimum atomic E-state index is 0.0490. The van der Waals surface area contributed by atoms with Gasteiger partial charge in [0.1, 0.15) is 0 Å². The highest BCUT2D eigenvalue weighted by atomic mass is 35.5. The Morgan fingerprint density at radius 1 is 1.44 bits per heavy atom. The number of ether oxygens (including phenoxy) is 2. The summed E-state index contributed by atoms with van der Waals surface area (Å²) in [7, 11) is 3.34. The molecule has 0 aromatic carbocycles. The van der Waals surface area contributed by atoms with Crippen LogP contribution < -0.4 is 5.32 Å². The lowest BCUT2D eigenvalue weighted by molar-refractivity contribution is 0.0287. The third-order valence-corrected chi connectivity index (χ3v) is 3.29. The molecule has 1 aromatic rings. The summed E-state index contributed by atoms with van der Waals surface area (Å²) in [6, 6.07) is 0. The normalized spacial score (nSPS) is 12.9. The van der Waals surface area contributed by atoms with Crippen molar-refractivity contribution in [2.45, 2.75) is 33.0 Å². The average Bonchev–Trinajstić information content (AvgIpc) is 2.65. The van der Waals surface area contributed by atoms with E-state index in [9.17, 15) is 0 Å². The predicted octanol–water partition coefficient (Wildman–Crippen LogP) is 1.62. The van der Waals surface area contributed by atoms with E-state index in [0.29, 0.717) is 19.7 Å². The minimum Gasteiger partial charge on any atom is -0.382 e. The first-order valence-electron chi connectivity index (χ1n) is 6.08. The van der Waals surface area contributed by atoms with Crippen LogP contribution in [0.4, 0.5) is 0 Å². The molecule has 1 aromatic heterocycles. The van der Waals surface area contributed by atoms with Crippen molar-refractivity contribution in [3.63, 3.8) is 0 Å². The van der Waals surface area contributed by atoms with E-state index in [1.807, 2.05) is 11.6 Å². The van der Waals surface area contributed by atoms with Crippen LogP contribution in [-0.2, 0) is 22.6 Å². The molecule has 1 heterocycles. The van der Waals surface area contributed by atoms with Gasteiger partial charge >= 0.3 is 0 Å². The third-order valence-electron chi connectivity index (χ3n) is 2.80. The lowest BCUT2D eigenvalue weighted by atomic mass is 10.3. The van der Waals surface area contributed by atoms with Gasteiger partial charge < -0.3 is 14.8 Å². The topological polar surface area (TPSA) is 48.3 Å². The van der Waals surface area contributed by atoms with Crippen LogP contribution in [0.5, 0.6) is 0 Å². The van der Waals surface area contributed by atoms with Crippen LogP contribution in [0.25, 0.3) is 0 Å². The molecule has 0 fully saturated rings. The molecule has 1 rings (SSSR count). The summed E-state index contributed by atoms with van der Waals surface area (Å²) in [5.41, 5.74) is 1.89. The molecule has 5 nitrogen and oxygen atoms in total. The lowest BCUT2D eigenvalue weighted by Gasteiger charge is -2.15. The van der Waals surface area contributed by atoms with Crippen molar-refractivity contribution in [3.05, 3.63) is 16.4 Å². The van der Waals surface area contributed by atoms with Gasteiger partial charge in [-0.25, -0.2) is 0 Å². The molecular formula is C12H22ClN3O2. The second-order valence-corrected chi connectivity index (χ2v) is 4.48. The summed E-state index contributed by atoms with van der Waals surface area (Å²) in [5, 5.41) is 8.43. The Morgan fingerprint density at radius 2 is 2.17 bits per heavy atom. The third kappa shape index (κ3) is 3.95. The smallest absolute Gasteiger partial charge is 0.0928 e. The summed E-state index contributed by atoms with van der Waals surface area (Å²) in [6.45, 7) is 6.75. The number of hydrogen-bond acceptors (Lipinski definition) is 4. The highest BCUT2D eigenvalue weighted by Gasteiger charge is 2.13. The number of aromatic nitrogens is 2.